The van der Waals surface area contributed by atoms with Crippen molar-refractivity contribution in [2.75, 3.05) is 6.61 Å². The first-order valence-electron chi connectivity index (χ1n) is 7.15. The molecule has 1 N–H and O–H groups in total. The lowest BCUT2D eigenvalue weighted by Crippen LogP contribution is -2.26. The molecule has 0 atom stereocenters. The highest BCUT2D eigenvalue weighted by Gasteiger charge is 2.18. The first-order chi connectivity index (χ1) is 11.6. The van der Waals surface area contributed by atoms with Gasteiger partial charge in [-0.15, -0.1) is 10.2 Å². The van der Waals surface area contributed by atoms with Crippen molar-refractivity contribution in [2.24, 2.45) is 0 Å². The number of halogens is 2. The Balaban J connectivity index is 1.81. The van der Waals surface area contributed by atoms with Gasteiger partial charge in [-0.25, -0.2) is 13.8 Å². The van der Waals surface area contributed by atoms with Crippen LogP contribution in [0, 0.1) is 11.6 Å². The van der Waals surface area contributed by atoms with Gasteiger partial charge in [0.15, 0.2) is 5.82 Å². The lowest BCUT2D eigenvalue weighted by molar-refractivity contribution is 0.0941. The Bertz CT molecular complexity index is 876. The number of hydrogen-bond donors (Lipinski definition) is 1. The van der Waals surface area contributed by atoms with Crippen molar-refractivity contribution >= 4 is 11.6 Å². The number of rotatable bonds is 5. The Kier molecular flexibility index (Phi) is 4.32. The quantitative estimate of drug-likeness (QED) is 0.769. The molecule has 2 aromatic heterocycles. The van der Waals surface area contributed by atoms with Crippen LogP contribution in [0.5, 0.6) is 5.88 Å². The zero-order valence-electron chi connectivity index (χ0n) is 12.7. The van der Waals surface area contributed by atoms with Crippen LogP contribution >= 0.6 is 0 Å². The topological polar surface area (TPSA) is 81.4 Å². The highest BCUT2D eigenvalue weighted by Crippen LogP contribution is 2.15. The molecular formula is C15H13F2N5O2. The van der Waals surface area contributed by atoms with Crippen molar-refractivity contribution in [2.45, 2.75) is 13.5 Å². The van der Waals surface area contributed by atoms with Crippen LogP contribution < -0.4 is 10.1 Å². The molecule has 1 amide bonds. The number of fused-ring (bicyclic) bond motifs is 1. The van der Waals surface area contributed by atoms with Crippen LogP contribution in [0.3, 0.4) is 0 Å². The van der Waals surface area contributed by atoms with E-state index in [0.29, 0.717) is 24.0 Å². The van der Waals surface area contributed by atoms with E-state index in [2.05, 4.69) is 20.5 Å². The zero-order chi connectivity index (χ0) is 17.1. The molecule has 1 aromatic carbocycles. The second kappa shape index (κ2) is 6.57. The van der Waals surface area contributed by atoms with E-state index in [9.17, 15) is 13.6 Å². The second-order valence-corrected chi connectivity index (χ2v) is 4.75. The summed E-state index contributed by atoms with van der Waals surface area (Å²) in [6.07, 6.45) is 3.10. The maximum Gasteiger partial charge on any atom is 0.260 e. The second-order valence-electron chi connectivity index (χ2n) is 4.75. The number of benzene rings is 1. The number of ether oxygens (including phenoxy) is 1. The van der Waals surface area contributed by atoms with Crippen LogP contribution in [-0.2, 0) is 6.54 Å². The van der Waals surface area contributed by atoms with Gasteiger partial charge in [0.1, 0.15) is 17.2 Å². The molecule has 0 aliphatic rings. The molecule has 3 aromatic rings. The summed E-state index contributed by atoms with van der Waals surface area (Å²) in [5, 5.41) is 10.3. The van der Waals surface area contributed by atoms with Gasteiger partial charge in [0, 0.05) is 12.4 Å². The number of carbonyl (C=O) groups excluding carboxylic acids is 1. The van der Waals surface area contributed by atoms with E-state index >= 15 is 0 Å². The smallest absolute Gasteiger partial charge is 0.260 e. The molecule has 9 heteroatoms. The molecule has 2 heterocycles. The number of nitrogens with zero attached hydrogens (tertiary/aromatic N) is 4. The van der Waals surface area contributed by atoms with E-state index in [1.807, 2.05) is 6.92 Å². The van der Waals surface area contributed by atoms with E-state index in [0.717, 1.165) is 12.1 Å². The zero-order valence-corrected chi connectivity index (χ0v) is 12.7. The summed E-state index contributed by atoms with van der Waals surface area (Å²) in [7, 11) is 0. The number of amides is 1. The molecule has 3 rings (SSSR count). The highest BCUT2D eigenvalue weighted by molar-refractivity contribution is 5.94. The predicted octanol–water partition coefficient (Wildman–Crippen LogP) is 1.73. The van der Waals surface area contributed by atoms with Crippen LogP contribution in [-0.4, -0.2) is 32.1 Å². The van der Waals surface area contributed by atoms with E-state index in [1.165, 1.54) is 12.3 Å². The summed E-state index contributed by atoms with van der Waals surface area (Å²) >= 11 is 0. The first kappa shape index (κ1) is 15.8. The number of aromatic nitrogens is 4. The van der Waals surface area contributed by atoms with Crippen molar-refractivity contribution in [1.82, 2.24) is 24.9 Å². The Labute approximate surface area is 135 Å². The molecule has 0 radical (unpaired) electrons. The van der Waals surface area contributed by atoms with Crippen LogP contribution in [0.2, 0.25) is 0 Å². The lowest BCUT2D eigenvalue weighted by Gasteiger charge is -2.07. The summed E-state index contributed by atoms with van der Waals surface area (Å²) < 4.78 is 34.1. The fourth-order valence-corrected chi connectivity index (χ4v) is 2.17. The molecule has 0 aliphatic heterocycles. The van der Waals surface area contributed by atoms with Crippen molar-refractivity contribution in [3.05, 3.63) is 53.6 Å². The Morgan fingerprint density at radius 2 is 2.04 bits per heavy atom. The van der Waals surface area contributed by atoms with Crippen molar-refractivity contribution in [1.29, 1.82) is 0 Å². The van der Waals surface area contributed by atoms with Crippen molar-refractivity contribution in [3.63, 3.8) is 0 Å². The van der Waals surface area contributed by atoms with Crippen LogP contribution in [0.4, 0.5) is 8.78 Å². The van der Waals surface area contributed by atoms with E-state index < -0.39 is 23.1 Å². The summed E-state index contributed by atoms with van der Waals surface area (Å²) in [5.74, 6) is -2.05. The molecule has 0 fully saturated rings. The molecule has 0 spiro atoms. The van der Waals surface area contributed by atoms with Gasteiger partial charge in [-0.2, -0.15) is 0 Å². The van der Waals surface area contributed by atoms with Crippen LogP contribution in [0.25, 0.3) is 5.65 Å². The summed E-state index contributed by atoms with van der Waals surface area (Å²) in [6, 6.07) is 3.23. The maximum atomic E-state index is 13.6. The van der Waals surface area contributed by atoms with Gasteiger partial charge in [0.25, 0.3) is 11.8 Å². The minimum absolute atomic E-state index is 0.0661. The van der Waals surface area contributed by atoms with Crippen molar-refractivity contribution in [3.8, 4) is 5.88 Å². The van der Waals surface area contributed by atoms with Gasteiger partial charge in [0.2, 0.25) is 5.65 Å². The maximum absolute atomic E-state index is 13.6. The SMILES string of the molecule is CCOc1nccn2c(CNC(=O)c3c(F)cccc3F)nnc12. The fraction of sp³-hybridized carbons (Fsp3) is 0.200. The average Bonchev–Trinajstić information content (AvgIpc) is 2.97. The standard InChI is InChI=1S/C15H13F2N5O2/c1-2-24-15-13-21-20-11(22(13)7-6-18-15)8-19-14(23)12-9(16)4-3-5-10(12)17/h3-7H,2,8H2,1H3,(H,19,23). The lowest BCUT2D eigenvalue weighted by atomic mass is 10.2. The molecule has 124 valence electrons. The molecule has 0 unspecified atom stereocenters. The first-order valence-corrected chi connectivity index (χ1v) is 7.15. The molecule has 7 nitrogen and oxygen atoms in total. The predicted molar refractivity (Wildman–Crippen MR) is 79.5 cm³/mol. The number of nitrogens with one attached hydrogen (secondary N) is 1. The van der Waals surface area contributed by atoms with Gasteiger partial charge < -0.3 is 10.1 Å². The average molecular weight is 333 g/mol. The highest BCUT2D eigenvalue weighted by atomic mass is 19.1. The minimum atomic E-state index is -0.929. The van der Waals surface area contributed by atoms with E-state index in [-0.39, 0.29) is 6.54 Å². The molecule has 0 saturated heterocycles. The summed E-state index contributed by atoms with van der Waals surface area (Å²) in [6.45, 7) is 2.16. The summed E-state index contributed by atoms with van der Waals surface area (Å²) in [4.78, 5) is 16.0. The van der Waals surface area contributed by atoms with Crippen molar-refractivity contribution < 1.29 is 18.3 Å². The monoisotopic (exact) mass is 333 g/mol. The molecule has 24 heavy (non-hydrogen) atoms. The van der Waals surface area contributed by atoms with Gasteiger partial charge in [-0.3, -0.25) is 9.20 Å². The normalized spacial score (nSPS) is 10.8. The van der Waals surface area contributed by atoms with Crippen LogP contribution in [0.1, 0.15) is 23.1 Å². The molecule has 0 bridgehead atoms. The Morgan fingerprint density at radius 1 is 1.29 bits per heavy atom. The molecule has 0 aliphatic carbocycles. The Morgan fingerprint density at radius 3 is 2.75 bits per heavy atom. The minimum Gasteiger partial charge on any atom is -0.475 e. The van der Waals surface area contributed by atoms with E-state index in [4.69, 9.17) is 4.74 Å². The number of carbonyl (C=O) groups is 1. The van der Waals surface area contributed by atoms with E-state index in [1.54, 1.807) is 10.6 Å². The largest absolute Gasteiger partial charge is 0.475 e. The third-order valence-electron chi connectivity index (χ3n) is 3.24. The third-order valence-corrected chi connectivity index (χ3v) is 3.24. The van der Waals surface area contributed by atoms with Gasteiger partial charge in [-0.05, 0) is 19.1 Å². The Hall–Kier alpha value is -3.10. The molecular weight excluding hydrogens is 320 g/mol. The summed E-state index contributed by atoms with van der Waals surface area (Å²) in [5.41, 5.74) is -0.247. The van der Waals surface area contributed by atoms with Crippen LogP contribution in [0.15, 0.2) is 30.6 Å². The fourth-order valence-electron chi connectivity index (χ4n) is 2.17. The molecule has 0 saturated carbocycles. The third kappa shape index (κ3) is 2.87. The number of hydrogen-bond acceptors (Lipinski definition) is 5. The van der Waals surface area contributed by atoms with Gasteiger partial charge >= 0.3 is 0 Å². The van der Waals surface area contributed by atoms with Gasteiger partial charge in [0.05, 0.1) is 13.2 Å². The van der Waals surface area contributed by atoms with Gasteiger partial charge in [-0.1, -0.05) is 6.07 Å².